The molecule has 0 unspecified atom stereocenters. The molecule has 0 aliphatic carbocycles. The molecule has 0 atom stereocenters. The molecule has 2 N–H and O–H groups in total. The zero-order chi connectivity index (χ0) is 14.6. The molecule has 0 fully saturated rings. The Bertz CT molecular complexity index is 1020. The summed E-state index contributed by atoms with van der Waals surface area (Å²) >= 11 is 0. The summed E-state index contributed by atoms with van der Waals surface area (Å²) in [5.74, 6) is 0. The van der Waals surface area contributed by atoms with Crippen LogP contribution in [0.4, 0.5) is 5.69 Å². The van der Waals surface area contributed by atoms with E-state index in [1.54, 1.807) is 0 Å². The molecule has 0 aliphatic rings. The van der Waals surface area contributed by atoms with Gasteiger partial charge in [0.1, 0.15) is 0 Å². The molecule has 102 valence electrons. The third-order valence-corrected chi connectivity index (χ3v) is 4.00. The number of hydrogen-bond donors (Lipinski definition) is 1. The maximum atomic E-state index is 6.42. The average Bonchev–Trinajstić information content (AvgIpc) is 2.46. The number of nitrogen functional groups attached to an aromatic ring is 1. The fourth-order valence-corrected chi connectivity index (χ4v) is 3.06. The van der Waals surface area contributed by atoms with Crippen LogP contribution in [0, 0.1) is 13.8 Å². The van der Waals surface area contributed by atoms with Crippen molar-refractivity contribution in [2.75, 3.05) is 5.73 Å². The second-order valence-corrected chi connectivity index (χ2v) is 5.49. The Kier molecular flexibility index (Phi) is 2.39. The lowest BCUT2D eigenvalue weighted by Gasteiger charge is -2.11. The van der Waals surface area contributed by atoms with Crippen molar-refractivity contribution in [1.82, 2.24) is 9.97 Å². The Balaban J connectivity index is 2.30. The number of aryl methyl sites for hydroxylation is 2. The van der Waals surface area contributed by atoms with Gasteiger partial charge >= 0.3 is 0 Å². The van der Waals surface area contributed by atoms with Crippen molar-refractivity contribution in [2.45, 2.75) is 13.8 Å². The number of nitrogens with zero attached hydrogens (tertiary/aromatic N) is 2. The van der Waals surface area contributed by atoms with Crippen molar-refractivity contribution in [3.05, 3.63) is 53.7 Å². The first-order valence-electron chi connectivity index (χ1n) is 7.00. The van der Waals surface area contributed by atoms with Gasteiger partial charge in [-0.1, -0.05) is 36.4 Å². The van der Waals surface area contributed by atoms with Crippen molar-refractivity contribution >= 4 is 38.4 Å². The van der Waals surface area contributed by atoms with Gasteiger partial charge in [0.2, 0.25) is 0 Å². The number of nitrogens with two attached hydrogens (primary N) is 1. The minimum atomic E-state index is 0.730. The van der Waals surface area contributed by atoms with Gasteiger partial charge in [-0.05, 0) is 30.9 Å². The summed E-state index contributed by atoms with van der Waals surface area (Å²) in [4.78, 5) is 9.36. The molecule has 0 bridgehead atoms. The van der Waals surface area contributed by atoms with Crippen molar-refractivity contribution in [2.24, 2.45) is 0 Å². The van der Waals surface area contributed by atoms with E-state index in [2.05, 4.69) is 36.2 Å². The molecular formula is C18H15N3. The molecule has 0 amide bonds. The van der Waals surface area contributed by atoms with Gasteiger partial charge in [0, 0.05) is 21.9 Å². The molecule has 4 aromatic rings. The number of fused-ring (bicyclic) bond motifs is 4. The molecule has 3 heteroatoms. The standard InChI is InChI=1S/C18H15N3/c1-10-9-11(2)20-18-15(10)16(19)14-8-7-12-5-3-4-6-13(12)17(14)21-18/h3-9H,1-2H3,(H2,19,20,21). The Morgan fingerprint density at radius 2 is 1.71 bits per heavy atom. The van der Waals surface area contributed by atoms with E-state index in [1.807, 2.05) is 25.1 Å². The first kappa shape index (κ1) is 12.1. The van der Waals surface area contributed by atoms with Crippen molar-refractivity contribution < 1.29 is 0 Å². The third-order valence-electron chi connectivity index (χ3n) is 4.00. The van der Waals surface area contributed by atoms with Gasteiger partial charge in [0.05, 0.1) is 11.2 Å². The maximum absolute atomic E-state index is 6.42. The molecule has 0 aliphatic heterocycles. The van der Waals surface area contributed by atoms with E-state index in [1.165, 1.54) is 5.39 Å². The molecule has 2 aromatic carbocycles. The summed E-state index contributed by atoms with van der Waals surface area (Å²) < 4.78 is 0. The Morgan fingerprint density at radius 1 is 0.905 bits per heavy atom. The Labute approximate surface area is 122 Å². The van der Waals surface area contributed by atoms with E-state index in [4.69, 9.17) is 10.7 Å². The largest absolute Gasteiger partial charge is 0.398 e. The second-order valence-electron chi connectivity index (χ2n) is 5.49. The summed E-state index contributed by atoms with van der Waals surface area (Å²) in [6, 6.07) is 14.4. The normalized spacial score (nSPS) is 11.5. The first-order chi connectivity index (χ1) is 10.1. The van der Waals surface area contributed by atoms with E-state index < -0.39 is 0 Å². The SMILES string of the molecule is Cc1cc(C)c2c(N)c3ccc4ccccc4c3nc2n1. The van der Waals surface area contributed by atoms with Crippen LogP contribution in [-0.2, 0) is 0 Å². The number of hydrogen-bond acceptors (Lipinski definition) is 3. The summed E-state index contributed by atoms with van der Waals surface area (Å²) in [5, 5.41) is 4.24. The zero-order valence-electron chi connectivity index (χ0n) is 12.0. The predicted octanol–water partition coefficient (Wildman–Crippen LogP) is 4.14. The van der Waals surface area contributed by atoms with Crippen molar-refractivity contribution in [3.8, 4) is 0 Å². The van der Waals surface area contributed by atoms with Crippen LogP contribution in [0.2, 0.25) is 0 Å². The highest BCUT2D eigenvalue weighted by Crippen LogP contribution is 2.33. The van der Waals surface area contributed by atoms with Gasteiger partial charge in [-0.25, -0.2) is 9.97 Å². The molecule has 4 rings (SSSR count). The second kappa shape index (κ2) is 4.16. The van der Waals surface area contributed by atoms with Gasteiger partial charge in [-0.3, -0.25) is 0 Å². The number of pyridine rings is 2. The minimum Gasteiger partial charge on any atom is -0.398 e. The minimum absolute atomic E-state index is 0.730. The van der Waals surface area contributed by atoms with Crippen LogP contribution in [0.3, 0.4) is 0 Å². The Morgan fingerprint density at radius 3 is 2.57 bits per heavy atom. The molecule has 2 aromatic heterocycles. The van der Waals surface area contributed by atoms with Gasteiger partial charge in [-0.15, -0.1) is 0 Å². The van der Waals surface area contributed by atoms with Crippen LogP contribution in [0.5, 0.6) is 0 Å². The maximum Gasteiger partial charge on any atom is 0.162 e. The summed E-state index contributed by atoms with van der Waals surface area (Å²) in [6.45, 7) is 4.04. The van der Waals surface area contributed by atoms with Crippen LogP contribution in [-0.4, -0.2) is 9.97 Å². The monoisotopic (exact) mass is 273 g/mol. The molecule has 0 radical (unpaired) electrons. The lowest BCUT2D eigenvalue weighted by atomic mass is 10.0. The van der Waals surface area contributed by atoms with Crippen LogP contribution in [0.25, 0.3) is 32.7 Å². The number of rotatable bonds is 0. The van der Waals surface area contributed by atoms with E-state index in [0.29, 0.717) is 0 Å². The van der Waals surface area contributed by atoms with E-state index in [0.717, 1.165) is 44.3 Å². The number of anilines is 1. The predicted molar refractivity (Wildman–Crippen MR) is 88.4 cm³/mol. The zero-order valence-corrected chi connectivity index (χ0v) is 12.0. The van der Waals surface area contributed by atoms with Gasteiger partial charge in [0.25, 0.3) is 0 Å². The summed E-state index contributed by atoms with van der Waals surface area (Å²) in [6.07, 6.45) is 0. The third kappa shape index (κ3) is 1.67. The molecule has 3 nitrogen and oxygen atoms in total. The Hall–Kier alpha value is -2.68. The average molecular weight is 273 g/mol. The summed E-state index contributed by atoms with van der Waals surface area (Å²) in [7, 11) is 0. The van der Waals surface area contributed by atoms with Crippen molar-refractivity contribution in [1.29, 1.82) is 0 Å². The quantitative estimate of drug-likeness (QED) is 0.387. The van der Waals surface area contributed by atoms with E-state index in [9.17, 15) is 0 Å². The molecule has 21 heavy (non-hydrogen) atoms. The summed E-state index contributed by atoms with van der Waals surface area (Å²) in [5.41, 5.74) is 10.9. The van der Waals surface area contributed by atoms with Gasteiger partial charge in [-0.2, -0.15) is 0 Å². The molecule has 0 spiro atoms. The number of aromatic nitrogens is 2. The van der Waals surface area contributed by atoms with Gasteiger partial charge in [0.15, 0.2) is 5.65 Å². The molecule has 0 saturated carbocycles. The highest BCUT2D eigenvalue weighted by molar-refractivity contribution is 6.15. The number of benzene rings is 2. The van der Waals surface area contributed by atoms with Crippen LogP contribution in [0.15, 0.2) is 42.5 Å². The topological polar surface area (TPSA) is 51.8 Å². The van der Waals surface area contributed by atoms with E-state index >= 15 is 0 Å². The molecular weight excluding hydrogens is 258 g/mol. The fourth-order valence-electron chi connectivity index (χ4n) is 3.06. The fraction of sp³-hybridized carbons (Fsp3) is 0.111. The van der Waals surface area contributed by atoms with Crippen molar-refractivity contribution in [3.63, 3.8) is 0 Å². The smallest absolute Gasteiger partial charge is 0.162 e. The first-order valence-corrected chi connectivity index (χ1v) is 7.00. The lowest BCUT2D eigenvalue weighted by Crippen LogP contribution is -1.98. The van der Waals surface area contributed by atoms with Crippen LogP contribution in [0.1, 0.15) is 11.3 Å². The van der Waals surface area contributed by atoms with Crippen LogP contribution < -0.4 is 5.73 Å². The highest BCUT2D eigenvalue weighted by Gasteiger charge is 2.12. The molecule has 0 saturated heterocycles. The van der Waals surface area contributed by atoms with Crippen LogP contribution >= 0.6 is 0 Å². The molecule has 2 heterocycles. The lowest BCUT2D eigenvalue weighted by molar-refractivity contribution is 1.20. The van der Waals surface area contributed by atoms with Gasteiger partial charge < -0.3 is 5.73 Å². The van der Waals surface area contributed by atoms with E-state index in [-0.39, 0.29) is 0 Å². The highest BCUT2D eigenvalue weighted by atomic mass is 14.9.